The summed E-state index contributed by atoms with van der Waals surface area (Å²) in [6.45, 7) is 7.35. The molecule has 15 heteroatoms. The fraction of sp³-hybridized carbons (Fsp3) is 0.474. The van der Waals surface area contributed by atoms with Crippen LogP contribution in [0.25, 0.3) is 0 Å². The fourth-order valence-corrected chi connectivity index (χ4v) is 3.52. The van der Waals surface area contributed by atoms with Gasteiger partial charge in [-0.1, -0.05) is 0 Å². The summed E-state index contributed by atoms with van der Waals surface area (Å²) < 4.78 is 58.6. The molecule has 0 bridgehead atoms. The smallest absolute Gasteiger partial charge is 0.478 e. The Morgan fingerprint density at radius 1 is 1.24 bits per heavy atom. The van der Waals surface area contributed by atoms with Crippen molar-refractivity contribution >= 4 is 33.5 Å². The van der Waals surface area contributed by atoms with Crippen molar-refractivity contribution in [2.75, 3.05) is 29.5 Å². The van der Waals surface area contributed by atoms with Gasteiger partial charge >= 0.3 is 18.1 Å². The van der Waals surface area contributed by atoms with Crippen LogP contribution >= 0.6 is 0 Å². The SMILES string of the molecule is CCn1nc(C)c(CCN(C)c2ncc(NS(C)(=O)=O)cc2C(=O)O)c1C.O=C(O)C(F)(F)F. The Kier molecular flexibility index (Phi) is 9.43. The monoisotopic (exact) mass is 509 g/mol. The van der Waals surface area contributed by atoms with Gasteiger partial charge in [0, 0.05) is 25.8 Å². The van der Waals surface area contributed by atoms with Crippen LogP contribution in [-0.4, -0.2) is 71.4 Å². The molecule has 0 unspecified atom stereocenters. The number of carboxylic acids is 2. The molecule has 3 N–H and O–H groups in total. The lowest BCUT2D eigenvalue weighted by Crippen LogP contribution is -2.24. The van der Waals surface area contributed by atoms with Crippen molar-refractivity contribution in [1.29, 1.82) is 0 Å². The Balaban J connectivity index is 0.000000718. The van der Waals surface area contributed by atoms with Gasteiger partial charge in [-0.3, -0.25) is 9.40 Å². The van der Waals surface area contributed by atoms with Gasteiger partial charge in [0.05, 0.1) is 23.8 Å². The van der Waals surface area contributed by atoms with E-state index in [1.165, 1.54) is 12.3 Å². The van der Waals surface area contributed by atoms with Crippen molar-refractivity contribution in [2.24, 2.45) is 0 Å². The third-order valence-corrected chi connectivity index (χ3v) is 5.14. The van der Waals surface area contributed by atoms with E-state index in [0.717, 1.165) is 29.8 Å². The largest absolute Gasteiger partial charge is 0.490 e. The Morgan fingerprint density at radius 2 is 1.79 bits per heavy atom. The number of nitrogens with zero attached hydrogens (tertiary/aromatic N) is 4. The van der Waals surface area contributed by atoms with Crippen LogP contribution in [0.5, 0.6) is 0 Å². The van der Waals surface area contributed by atoms with Gasteiger partial charge in [0.2, 0.25) is 10.0 Å². The van der Waals surface area contributed by atoms with Crippen LogP contribution in [0.1, 0.15) is 34.2 Å². The topological polar surface area (TPSA) is 155 Å². The maximum absolute atomic E-state index is 11.6. The highest BCUT2D eigenvalue weighted by Crippen LogP contribution is 2.22. The molecule has 190 valence electrons. The van der Waals surface area contributed by atoms with Crippen molar-refractivity contribution < 1.29 is 41.4 Å². The molecular weight excluding hydrogens is 483 g/mol. The predicted octanol–water partition coefficient (Wildman–Crippen LogP) is 2.30. The van der Waals surface area contributed by atoms with Gasteiger partial charge in [0.25, 0.3) is 0 Å². The molecule has 0 aliphatic heterocycles. The summed E-state index contributed by atoms with van der Waals surface area (Å²) in [5, 5.41) is 21.1. The van der Waals surface area contributed by atoms with Gasteiger partial charge < -0.3 is 15.1 Å². The number of anilines is 2. The van der Waals surface area contributed by atoms with E-state index in [1.807, 2.05) is 25.5 Å². The second kappa shape index (κ2) is 11.2. The number of halogens is 3. The number of aromatic nitrogens is 3. The highest BCUT2D eigenvalue weighted by Gasteiger charge is 2.38. The zero-order valence-electron chi connectivity index (χ0n) is 19.1. The fourth-order valence-electron chi connectivity index (χ4n) is 2.98. The Bertz CT molecular complexity index is 1150. The molecule has 0 saturated carbocycles. The molecule has 0 fully saturated rings. The van der Waals surface area contributed by atoms with Crippen molar-refractivity contribution in [1.82, 2.24) is 14.8 Å². The van der Waals surface area contributed by atoms with Gasteiger partial charge in [-0.05, 0) is 38.8 Å². The molecule has 0 aliphatic carbocycles. The molecule has 2 aromatic rings. The van der Waals surface area contributed by atoms with Crippen LogP contribution in [0.3, 0.4) is 0 Å². The normalized spacial score (nSPS) is 11.4. The quantitative estimate of drug-likeness (QED) is 0.486. The Hall–Kier alpha value is -3.36. The molecule has 0 aliphatic rings. The van der Waals surface area contributed by atoms with Crippen molar-refractivity contribution in [3.63, 3.8) is 0 Å². The molecule has 0 spiro atoms. The molecule has 0 radical (unpaired) electrons. The van der Waals surface area contributed by atoms with E-state index in [1.54, 1.807) is 11.9 Å². The third-order valence-electron chi connectivity index (χ3n) is 4.53. The van der Waals surface area contributed by atoms with Crippen LogP contribution in [0.2, 0.25) is 0 Å². The summed E-state index contributed by atoms with van der Waals surface area (Å²) in [6, 6.07) is 1.27. The van der Waals surface area contributed by atoms with E-state index >= 15 is 0 Å². The molecule has 11 nitrogen and oxygen atoms in total. The zero-order chi connectivity index (χ0) is 26.4. The molecule has 2 rings (SSSR count). The van der Waals surface area contributed by atoms with Crippen molar-refractivity contribution in [2.45, 2.75) is 39.9 Å². The molecule has 0 saturated heterocycles. The van der Waals surface area contributed by atoms with E-state index in [9.17, 15) is 31.5 Å². The lowest BCUT2D eigenvalue weighted by atomic mass is 10.1. The number of aliphatic carboxylic acids is 1. The van der Waals surface area contributed by atoms with Gasteiger partial charge in [0.1, 0.15) is 11.4 Å². The average molecular weight is 510 g/mol. The van der Waals surface area contributed by atoms with Crippen LogP contribution in [-0.2, 0) is 27.8 Å². The number of alkyl halides is 3. The number of likely N-dealkylation sites (N-methyl/N-ethyl adjacent to an activating group) is 1. The van der Waals surface area contributed by atoms with Crippen LogP contribution in [0.4, 0.5) is 24.7 Å². The Morgan fingerprint density at radius 3 is 2.21 bits per heavy atom. The lowest BCUT2D eigenvalue weighted by Gasteiger charge is -2.20. The predicted molar refractivity (Wildman–Crippen MR) is 118 cm³/mol. The highest BCUT2D eigenvalue weighted by atomic mass is 32.2. The first-order valence-corrected chi connectivity index (χ1v) is 11.6. The molecule has 0 aromatic carbocycles. The van der Waals surface area contributed by atoms with Crippen molar-refractivity contribution in [3.05, 3.63) is 34.8 Å². The number of nitrogens with one attached hydrogen (secondary N) is 1. The van der Waals surface area contributed by atoms with E-state index < -0.39 is 28.1 Å². The first-order valence-electron chi connectivity index (χ1n) is 9.73. The first-order chi connectivity index (χ1) is 15.5. The van der Waals surface area contributed by atoms with E-state index in [0.29, 0.717) is 13.0 Å². The van der Waals surface area contributed by atoms with Crippen LogP contribution in [0.15, 0.2) is 12.3 Å². The van der Waals surface area contributed by atoms with Gasteiger partial charge in [-0.2, -0.15) is 18.3 Å². The number of hydrogen-bond acceptors (Lipinski definition) is 7. The summed E-state index contributed by atoms with van der Waals surface area (Å²) in [7, 11) is -1.76. The maximum Gasteiger partial charge on any atom is 0.490 e. The summed E-state index contributed by atoms with van der Waals surface area (Å²) in [6.07, 6.45) is -2.09. The third kappa shape index (κ3) is 8.20. The zero-order valence-corrected chi connectivity index (χ0v) is 20.0. The molecule has 2 heterocycles. The number of sulfonamides is 1. The minimum atomic E-state index is -5.08. The highest BCUT2D eigenvalue weighted by molar-refractivity contribution is 7.92. The van der Waals surface area contributed by atoms with Gasteiger partial charge in [-0.25, -0.2) is 23.0 Å². The Labute approximate surface area is 194 Å². The average Bonchev–Trinajstić information content (AvgIpc) is 2.97. The lowest BCUT2D eigenvalue weighted by molar-refractivity contribution is -0.192. The standard InChI is InChI=1S/C17H25N5O4S.C2HF3O2/c1-6-22-12(3)14(11(2)19-22)7-8-21(4)16-15(17(23)24)9-13(10-18-16)20-27(5,25)26;3-2(4,5)1(6)7/h9-10,20H,6-8H2,1-5H3,(H,23,24);(H,6,7). The minimum absolute atomic E-state index is 0.0659. The first kappa shape index (κ1) is 28.7. The summed E-state index contributed by atoms with van der Waals surface area (Å²) in [5.41, 5.74) is 3.24. The van der Waals surface area contributed by atoms with Crippen LogP contribution in [0, 0.1) is 13.8 Å². The van der Waals surface area contributed by atoms with E-state index in [2.05, 4.69) is 14.8 Å². The number of aromatic carboxylic acids is 1. The van der Waals surface area contributed by atoms with Gasteiger partial charge in [-0.15, -0.1) is 0 Å². The number of pyridine rings is 1. The number of rotatable bonds is 8. The molecule has 0 amide bonds. The minimum Gasteiger partial charge on any atom is -0.478 e. The van der Waals surface area contributed by atoms with Gasteiger partial charge in [0.15, 0.2) is 0 Å². The van der Waals surface area contributed by atoms with E-state index in [-0.39, 0.29) is 17.1 Å². The molecule has 0 atom stereocenters. The van der Waals surface area contributed by atoms with Crippen LogP contribution < -0.4 is 9.62 Å². The summed E-state index contributed by atoms with van der Waals surface area (Å²) >= 11 is 0. The number of carboxylic acid groups (broad SMARTS) is 2. The number of carbonyl (C=O) groups is 2. The van der Waals surface area contributed by atoms with E-state index in [4.69, 9.17) is 9.90 Å². The molecule has 2 aromatic heterocycles. The summed E-state index contributed by atoms with van der Waals surface area (Å²) in [5.74, 6) is -3.65. The second-order valence-electron chi connectivity index (χ2n) is 7.21. The number of aryl methyl sites for hydroxylation is 2. The second-order valence-corrected chi connectivity index (χ2v) is 8.96. The van der Waals surface area contributed by atoms with Crippen molar-refractivity contribution in [3.8, 4) is 0 Å². The number of hydrogen-bond donors (Lipinski definition) is 3. The summed E-state index contributed by atoms with van der Waals surface area (Å²) in [4.78, 5) is 26.4. The molecule has 34 heavy (non-hydrogen) atoms. The maximum atomic E-state index is 11.6. The molecular formula is C19H26F3N5O6S.